The lowest BCUT2D eigenvalue weighted by Gasteiger charge is -2.30. The second-order valence-electron chi connectivity index (χ2n) is 5.45. The van der Waals surface area contributed by atoms with Crippen LogP contribution in [0.4, 0.5) is 10.2 Å². The van der Waals surface area contributed by atoms with Crippen LogP contribution in [-0.2, 0) is 4.79 Å². The van der Waals surface area contributed by atoms with Crippen molar-refractivity contribution in [1.82, 2.24) is 4.90 Å². The third kappa shape index (κ3) is 3.94. The van der Waals surface area contributed by atoms with Crippen LogP contribution in [0, 0.1) is 5.82 Å². The number of benzene rings is 1. The van der Waals surface area contributed by atoms with Gasteiger partial charge >= 0.3 is 0 Å². The van der Waals surface area contributed by atoms with E-state index in [4.69, 9.17) is 0 Å². The zero-order chi connectivity index (χ0) is 16.1. The highest BCUT2D eigenvalue weighted by Crippen LogP contribution is 2.11. The number of carbonyl (C=O) groups excluding carboxylic acids is 1. The van der Waals surface area contributed by atoms with Gasteiger partial charge in [-0.15, -0.1) is 0 Å². The summed E-state index contributed by atoms with van der Waals surface area (Å²) in [6, 6.07) is 12.2. The number of H-pyrrole nitrogens is 1. The highest BCUT2D eigenvalue weighted by atomic mass is 19.1. The van der Waals surface area contributed by atoms with Crippen LogP contribution in [0.1, 0.15) is 5.56 Å². The van der Waals surface area contributed by atoms with E-state index in [1.54, 1.807) is 18.2 Å². The third-order valence-electron chi connectivity index (χ3n) is 3.89. The van der Waals surface area contributed by atoms with E-state index in [0.717, 1.165) is 18.9 Å². The second kappa shape index (κ2) is 7.05. The molecule has 0 aliphatic carbocycles. The Labute approximate surface area is 134 Å². The molecule has 0 spiro atoms. The quantitative estimate of drug-likeness (QED) is 0.813. The van der Waals surface area contributed by atoms with E-state index < -0.39 is 0 Å². The maximum absolute atomic E-state index is 13.1. The predicted molar refractivity (Wildman–Crippen MR) is 87.2 cm³/mol. The van der Waals surface area contributed by atoms with Crippen molar-refractivity contribution in [3.63, 3.8) is 0 Å². The van der Waals surface area contributed by atoms with Gasteiger partial charge < -0.3 is 4.90 Å². The predicted octanol–water partition coefficient (Wildman–Crippen LogP) is 2.00. The van der Waals surface area contributed by atoms with E-state index in [0.29, 0.717) is 18.7 Å². The first-order chi connectivity index (χ1) is 11.2. The first-order valence-electron chi connectivity index (χ1n) is 7.66. The average Bonchev–Trinajstić information content (AvgIpc) is 2.61. The molecule has 4 nitrogen and oxygen atoms in total. The van der Waals surface area contributed by atoms with Gasteiger partial charge in [0.25, 0.3) is 5.82 Å². The number of aromatic nitrogens is 1. The van der Waals surface area contributed by atoms with Gasteiger partial charge in [-0.1, -0.05) is 18.2 Å². The van der Waals surface area contributed by atoms with E-state index in [2.05, 4.69) is 9.88 Å². The van der Waals surface area contributed by atoms with Gasteiger partial charge in [-0.05, 0) is 29.8 Å². The normalized spacial score (nSPS) is 15.2. The van der Waals surface area contributed by atoms with E-state index in [1.807, 2.05) is 29.3 Å². The molecule has 23 heavy (non-hydrogen) atoms. The van der Waals surface area contributed by atoms with E-state index in [-0.39, 0.29) is 11.7 Å². The number of halogens is 1. The van der Waals surface area contributed by atoms with Crippen LogP contribution in [0.25, 0.3) is 6.08 Å². The number of hydrogen-bond donors (Lipinski definition) is 0. The lowest BCUT2D eigenvalue weighted by Crippen LogP contribution is -2.49. The summed E-state index contributed by atoms with van der Waals surface area (Å²) >= 11 is 0. The van der Waals surface area contributed by atoms with Gasteiger partial charge in [-0.2, -0.15) is 0 Å². The number of nitrogens with one attached hydrogen (secondary N) is 1. The molecule has 1 aliphatic heterocycles. The van der Waals surface area contributed by atoms with E-state index in [9.17, 15) is 9.18 Å². The molecule has 0 unspecified atom stereocenters. The summed E-state index contributed by atoms with van der Waals surface area (Å²) in [7, 11) is 0. The van der Waals surface area contributed by atoms with E-state index >= 15 is 0 Å². The number of pyridine rings is 1. The minimum absolute atomic E-state index is 0.0362. The smallest absolute Gasteiger partial charge is 0.274 e. The first-order valence-corrected chi connectivity index (χ1v) is 7.66. The van der Waals surface area contributed by atoms with Gasteiger partial charge in [0.05, 0.1) is 19.3 Å². The maximum Gasteiger partial charge on any atom is 0.274 e. The van der Waals surface area contributed by atoms with Gasteiger partial charge in [0.2, 0.25) is 5.91 Å². The molecule has 1 amide bonds. The molecular formula is C18H19FN3O+. The lowest BCUT2D eigenvalue weighted by atomic mass is 10.2. The molecule has 0 atom stereocenters. The Bertz CT molecular complexity index is 694. The number of piperazine rings is 1. The minimum atomic E-state index is -0.299. The van der Waals surface area contributed by atoms with Crippen molar-refractivity contribution in [3.8, 4) is 0 Å². The molecule has 1 N–H and O–H groups in total. The number of carbonyl (C=O) groups is 1. The summed E-state index contributed by atoms with van der Waals surface area (Å²) in [5.74, 6) is 0.730. The summed E-state index contributed by atoms with van der Waals surface area (Å²) in [6.07, 6.45) is 5.07. The number of amides is 1. The molecule has 0 bridgehead atoms. The minimum Gasteiger partial charge on any atom is -0.331 e. The average molecular weight is 312 g/mol. The first kappa shape index (κ1) is 15.2. The van der Waals surface area contributed by atoms with Gasteiger partial charge in [-0.3, -0.25) is 9.69 Å². The fraction of sp³-hybridized carbons (Fsp3) is 0.222. The number of hydrogen-bond acceptors (Lipinski definition) is 2. The molecular weight excluding hydrogens is 293 g/mol. The van der Waals surface area contributed by atoms with Crippen LogP contribution in [0.5, 0.6) is 0 Å². The fourth-order valence-electron chi connectivity index (χ4n) is 2.63. The Morgan fingerprint density at radius 3 is 2.61 bits per heavy atom. The zero-order valence-electron chi connectivity index (χ0n) is 12.8. The second-order valence-corrected chi connectivity index (χ2v) is 5.45. The monoisotopic (exact) mass is 312 g/mol. The van der Waals surface area contributed by atoms with Crippen LogP contribution in [0.15, 0.2) is 54.7 Å². The molecule has 1 saturated heterocycles. The molecule has 0 radical (unpaired) electrons. The summed E-state index contributed by atoms with van der Waals surface area (Å²) < 4.78 is 13.1. The molecule has 1 aromatic heterocycles. The van der Waals surface area contributed by atoms with Crippen LogP contribution < -0.4 is 9.88 Å². The summed E-state index contributed by atoms with van der Waals surface area (Å²) in [5, 5.41) is 0. The van der Waals surface area contributed by atoms with Crippen molar-refractivity contribution in [2.75, 3.05) is 31.1 Å². The molecule has 1 fully saturated rings. The topological polar surface area (TPSA) is 37.7 Å². The van der Waals surface area contributed by atoms with Crippen LogP contribution in [0.3, 0.4) is 0 Å². The highest BCUT2D eigenvalue weighted by molar-refractivity contribution is 5.91. The van der Waals surface area contributed by atoms with Crippen molar-refractivity contribution >= 4 is 17.8 Å². The van der Waals surface area contributed by atoms with Crippen molar-refractivity contribution in [2.45, 2.75) is 0 Å². The summed E-state index contributed by atoms with van der Waals surface area (Å²) in [4.78, 5) is 19.5. The van der Waals surface area contributed by atoms with Crippen molar-refractivity contribution in [3.05, 3.63) is 66.1 Å². The number of anilines is 1. The number of rotatable bonds is 3. The zero-order valence-corrected chi connectivity index (χ0v) is 12.8. The summed E-state index contributed by atoms with van der Waals surface area (Å²) in [6.45, 7) is 2.93. The lowest BCUT2D eigenvalue weighted by molar-refractivity contribution is -0.364. The van der Waals surface area contributed by atoms with Crippen molar-refractivity contribution < 1.29 is 14.2 Å². The molecule has 5 heteroatoms. The summed E-state index contributed by atoms with van der Waals surface area (Å²) in [5.41, 5.74) is 0.691. The largest absolute Gasteiger partial charge is 0.331 e. The Hall–Kier alpha value is -2.69. The Morgan fingerprint density at radius 1 is 1.09 bits per heavy atom. The SMILES string of the molecule is O=C(/C=C/c1cccc(F)c1)N1CCN(c2cccc[nH+]2)CC1. The molecule has 0 saturated carbocycles. The van der Waals surface area contributed by atoms with Crippen molar-refractivity contribution in [1.29, 1.82) is 0 Å². The molecule has 3 rings (SSSR count). The van der Waals surface area contributed by atoms with Gasteiger partial charge in [0.1, 0.15) is 18.9 Å². The highest BCUT2D eigenvalue weighted by Gasteiger charge is 2.24. The Kier molecular flexibility index (Phi) is 4.66. The number of nitrogens with zero attached hydrogens (tertiary/aromatic N) is 2. The van der Waals surface area contributed by atoms with Crippen LogP contribution in [0.2, 0.25) is 0 Å². The Balaban J connectivity index is 1.56. The molecule has 118 valence electrons. The molecule has 1 aromatic carbocycles. The molecule has 2 aromatic rings. The van der Waals surface area contributed by atoms with Crippen LogP contribution >= 0.6 is 0 Å². The fourth-order valence-corrected chi connectivity index (χ4v) is 2.63. The van der Waals surface area contributed by atoms with Gasteiger partial charge in [0, 0.05) is 12.1 Å². The van der Waals surface area contributed by atoms with E-state index in [1.165, 1.54) is 18.2 Å². The van der Waals surface area contributed by atoms with Crippen molar-refractivity contribution in [2.24, 2.45) is 0 Å². The molecule has 1 aliphatic rings. The third-order valence-corrected chi connectivity index (χ3v) is 3.89. The molecule has 2 heterocycles. The number of aromatic amines is 1. The van der Waals surface area contributed by atoms with Gasteiger partial charge in [0.15, 0.2) is 0 Å². The maximum atomic E-state index is 13.1. The standard InChI is InChI=1S/C18H18FN3O/c19-16-5-3-4-15(14-16)7-8-18(23)22-12-10-21(11-13-22)17-6-1-2-9-20-17/h1-9,14H,10-13H2/p+1/b8-7+. The van der Waals surface area contributed by atoms with Crippen LogP contribution in [-0.4, -0.2) is 37.0 Å². The van der Waals surface area contributed by atoms with Gasteiger partial charge in [-0.25, -0.2) is 9.37 Å². The Morgan fingerprint density at radius 2 is 1.91 bits per heavy atom.